The summed E-state index contributed by atoms with van der Waals surface area (Å²) in [6.07, 6.45) is 2.35. The number of Topliss-reactive ketones (excluding diaryl/α,β-unsaturated/α-hetero) is 1. The number of hydrogen-bond donors (Lipinski definition) is 0. The molecule has 1 saturated carbocycles. The number of carbonyl (C=O) groups excluding carboxylic acids is 2. The molecule has 0 saturated heterocycles. The van der Waals surface area contributed by atoms with Crippen LogP contribution in [0.15, 0.2) is 12.1 Å². The molecular formula is C21H27ClO4. The summed E-state index contributed by atoms with van der Waals surface area (Å²) in [7, 11) is 3.00. The Morgan fingerprint density at radius 3 is 2.54 bits per heavy atom. The number of hydrogen-bond acceptors (Lipinski definition) is 4. The van der Waals surface area contributed by atoms with Crippen LogP contribution < -0.4 is 4.74 Å². The van der Waals surface area contributed by atoms with Crippen molar-refractivity contribution in [3.05, 3.63) is 28.8 Å². The van der Waals surface area contributed by atoms with Gasteiger partial charge in [-0.1, -0.05) is 44.5 Å². The minimum Gasteiger partial charge on any atom is -0.496 e. The van der Waals surface area contributed by atoms with Crippen molar-refractivity contribution in [1.29, 1.82) is 0 Å². The van der Waals surface area contributed by atoms with Gasteiger partial charge in [0.05, 0.1) is 14.2 Å². The predicted octanol–water partition coefficient (Wildman–Crippen LogP) is 4.15. The van der Waals surface area contributed by atoms with Crippen molar-refractivity contribution in [2.24, 2.45) is 5.92 Å². The summed E-state index contributed by atoms with van der Waals surface area (Å²) in [5.41, 5.74) is 3.16. The number of methoxy groups -OCH3 is 2. The lowest BCUT2D eigenvalue weighted by Gasteiger charge is -2.51. The molecular weight excluding hydrogens is 352 g/mol. The van der Waals surface area contributed by atoms with Crippen LogP contribution in [0.2, 0.25) is 0 Å². The summed E-state index contributed by atoms with van der Waals surface area (Å²) in [6, 6.07) is 4.25. The smallest absolute Gasteiger partial charge is 0.334 e. The first-order valence-electron chi connectivity index (χ1n) is 9.22. The van der Waals surface area contributed by atoms with Crippen molar-refractivity contribution >= 4 is 23.4 Å². The van der Waals surface area contributed by atoms with E-state index in [0.717, 1.165) is 17.7 Å². The second-order valence-electron chi connectivity index (χ2n) is 8.00. The van der Waals surface area contributed by atoms with Gasteiger partial charge in [0, 0.05) is 12.3 Å². The van der Waals surface area contributed by atoms with Crippen molar-refractivity contribution in [3.8, 4) is 5.75 Å². The second kappa shape index (κ2) is 6.56. The van der Waals surface area contributed by atoms with E-state index in [0.29, 0.717) is 18.8 Å². The van der Waals surface area contributed by atoms with E-state index >= 15 is 0 Å². The summed E-state index contributed by atoms with van der Waals surface area (Å²) < 4.78 is 10.7. The molecule has 4 nitrogen and oxygen atoms in total. The Bertz CT molecular complexity index is 747. The molecule has 0 bridgehead atoms. The highest BCUT2D eigenvalue weighted by Crippen LogP contribution is 2.56. The maximum atomic E-state index is 12.6. The van der Waals surface area contributed by atoms with Gasteiger partial charge in [-0.15, -0.1) is 0 Å². The van der Waals surface area contributed by atoms with Gasteiger partial charge in [0.2, 0.25) is 4.87 Å². The highest BCUT2D eigenvalue weighted by Gasteiger charge is 2.62. The molecule has 1 aromatic rings. The van der Waals surface area contributed by atoms with Gasteiger partial charge in [-0.2, -0.15) is 0 Å². The molecule has 0 heterocycles. The Balaban J connectivity index is 2.18. The van der Waals surface area contributed by atoms with Crippen LogP contribution >= 0.6 is 11.6 Å². The average molecular weight is 379 g/mol. The second-order valence-corrected chi connectivity index (χ2v) is 8.60. The Morgan fingerprint density at radius 2 is 1.96 bits per heavy atom. The van der Waals surface area contributed by atoms with Gasteiger partial charge in [-0.05, 0) is 47.3 Å². The maximum absolute atomic E-state index is 12.6. The Kier molecular flexibility index (Phi) is 4.85. The Morgan fingerprint density at radius 1 is 1.27 bits per heavy atom. The lowest BCUT2D eigenvalue weighted by Crippen LogP contribution is -2.60. The number of benzene rings is 1. The molecule has 2 aliphatic carbocycles. The highest BCUT2D eigenvalue weighted by atomic mass is 35.5. The zero-order chi connectivity index (χ0) is 19.3. The lowest BCUT2D eigenvalue weighted by atomic mass is 9.54. The molecule has 0 amide bonds. The van der Waals surface area contributed by atoms with Crippen LogP contribution in [-0.4, -0.2) is 30.8 Å². The lowest BCUT2D eigenvalue weighted by molar-refractivity contribution is -0.153. The molecule has 0 unspecified atom stereocenters. The largest absolute Gasteiger partial charge is 0.496 e. The number of alkyl halides is 1. The normalized spacial score (nSPS) is 30.6. The van der Waals surface area contributed by atoms with E-state index in [2.05, 4.69) is 32.9 Å². The Hall–Kier alpha value is -1.55. The van der Waals surface area contributed by atoms with E-state index in [1.54, 1.807) is 7.11 Å². The average Bonchev–Trinajstić information content (AvgIpc) is 2.63. The van der Waals surface area contributed by atoms with Gasteiger partial charge < -0.3 is 9.47 Å². The first kappa shape index (κ1) is 19.2. The van der Waals surface area contributed by atoms with Gasteiger partial charge >= 0.3 is 5.97 Å². The van der Waals surface area contributed by atoms with Crippen molar-refractivity contribution in [1.82, 2.24) is 0 Å². The van der Waals surface area contributed by atoms with Crippen molar-refractivity contribution in [3.63, 3.8) is 0 Å². The molecule has 3 rings (SSSR count). The third-order valence-corrected chi connectivity index (χ3v) is 7.05. The highest BCUT2D eigenvalue weighted by molar-refractivity contribution is 6.46. The summed E-state index contributed by atoms with van der Waals surface area (Å²) in [6.45, 7) is 6.42. The van der Waals surface area contributed by atoms with Gasteiger partial charge in [-0.25, -0.2) is 4.79 Å². The molecule has 2 aliphatic rings. The van der Waals surface area contributed by atoms with E-state index in [9.17, 15) is 9.59 Å². The summed E-state index contributed by atoms with van der Waals surface area (Å²) in [4.78, 5) is 23.5. The summed E-state index contributed by atoms with van der Waals surface area (Å²) in [5, 5.41) is 0. The van der Waals surface area contributed by atoms with E-state index in [1.807, 2.05) is 0 Å². The fourth-order valence-electron chi connectivity index (χ4n) is 5.02. The van der Waals surface area contributed by atoms with Crippen LogP contribution in [0, 0.1) is 5.92 Å². The standard InChI is InChI=1S/C21H27ClO4/c1-12(2)13-6-8-15-14(18(13)25-4)7-9-16-20(15,3)11-10-17(23)21(16,22)19(24)26-5/h6,8,12,16H,7,9-11H2,1-5H3/t16-,20-,21+/m1/s1. The molecule has 0 aromatic heterocycles. The summed E-state index contributed by atoms with van der Waals surface area (Å²) in [5.74, 6) is 0.160. The van der Waals surface area contributed by atoms with Gasteiger partial charge in [0.25, 0.3) is 0 Å². The summed E-state index contributed by atoms with van der Waals surface area (Å²) >= 11 is 6.71. The first-order valence-corrected chi connectivity index (χ1v) is 9.60. The zero-order valence-electron chi connectivity index (χ0n) is 16.1. The number of ketones is 1. The van der Waals surface area contributed by atoms with Crippen molar-refractivity contribution in [2.75, 3.05) is 14.2 Å². The molecule has 0 N–H and O–H groups in total. The van der Waals surface area contributed by atoms with Gasteiger partial charge in [-0.3, -0.25) is 4.79 Å². The molecule has 0 aliphatic heterocycles. The first-order chi connectivity index (χ1) is 12.2. The molecule has 3 atom stereocenters. The third-order valence-electron chi connectivity index (χ3n) is 6.42. The van der Waals surface area contributed by atoms with E-state index in [4.69, 9.17) is 21.1 Å². The SMILES string of the molecule is COC(=O)[C@@]1(Cl)C(=O)CC[C@]2(C)c3ccc(C(C)C)c(OC)c3CC[C@@H]12. The van der Waals surface area contributed by atoms with Crippen LogP contribution in [0.5, 0.6) is 5.75 Å². The van der Waals surface area contributed by atoms with Crippen LogP contribution in [0.1, 0.15) is 62.6 Å². The van der Waals surface area contributed by atoms with Gasteiger partial charge in [0.1, 0.15) is 5.75 Å². The molecule has 26 heavy (non-hydrogen) atoms. The minimum atomic E-state index is -1.59. The number of rotatable bonds is 3. The molecule has 0 radical (unpaired) electrons. The third kappa shape index (κ3) is 2.49. The van der Waals surface area contributed by atoms with Crippen LogP contribution in [0.4, 0.5) is 0 Å². The Labute approximate surface area is 160 Å². The quantitative estimate of drug-likeness (QED) is 0.450. The minimum absolute atomic E-state index is 0.220. The van der Waals surface area contributed by atoms with E-state index in [-0.39, 0.29) is 23.5 Å². The molecule has 1 aromatic carbocycles. The van der Waals surface area contributed by atoms with Crippen LogP contribution in [0.3, 0.4) is 0 Å². The van der Waals surface area contributed by atoms with Crippen molar-refractivity contribution in [2.45, 2.75) is 62.7 Å². The van der Waals surface area contributed by atoms with E-state index in [1.165, 1.54) is 18.2 Å². The fourth-order valence-corrected chi connectivity index (χ4v) is 5.54. The number of ether oxygens (including phenoxy) is 2. The number of carbonyl (C=O) groups is 2. The predicted molar refractivity (Wildman–Crippen MR) is 101 cm³/mol. The molecule has 5 heteroatoms. The van der Waals surface area contributed by atoms with E-state index < -0.39 is 10.8 Å². The zero-order valence-corrected chi connectivity index (χ0v) is 16.9. The number of esters is 1. The molecule has 0 spiro atoms. The number of fused-ring (bicyclic) bond motifs is 3. The topological polar surface area (TPSA) is 52.6 Å². The van der Waals surface area contributed by atoms with Gasteiger partial charge in [0.15, 0.2) is 5.78 Å². The van der Waals surface area contributed by atoms with Crippen LogP contribution in [0.25, 0.3) is 0 Å². The molecule has 142 valence electrons. The van der Waals surface area contributed by atoms with Crippen LogP contribution in [-0.2, 0) is 26.2 Å². The monoisotopic (exact) mass is 378 g/mol. The van der Waals surface area contributed by atoms with Crippen molar-refractivity contribution < 1.29 is 19.1 Å². The maximum Gasteiger partial charge on any atom is 0.334 e. The molecule has 1 fully saturated rings. The number of halogens is 1. The fraction of sp³-hybridized carbons (Fsp3) is 0.619.